The number of nitrogens with zero attached hydrogens (tertiary/aromatic N) is 2. The van der Waals surface area contributed by atoms with Gasteiger partial charge in [0.15, 0.2) is 0 Å². The lowest BCUT2D eigenvalue weighted by Crippen LogP contribution is -2.67. The summed E-state index contributed by atoms with van der Waals surface area (Å²) in [6, 6.07) is 5.07. The Morgan fingerprint density at radius 1 is 1.44 bits per heavy atom. The molecule has 3 fully saturated rings. The number of carbonyl (C=O) groups excluding carboxylic acids is 1. The second kappa shape index (κ2) is 4.24. The number of aryl methyl sites for hydroxylation is 1. The highest BCUT2D eigenvalue weighted by atomic mass is 16.1. The van der Waals surface area contributed by atoms with Crippen molar-refractivity contribution < 1.29 is 4.79 Å². The smallest absolute Gasteiger partial charge is 0.269 e. The van der Waals surface area contributed by atoms with E-state index >= 15 is 0 Å². The van der Waals surface area contributed by atoms with Gasteiger partial charge in [-0.1, -0.05) is 0 Å². The summed E-state index contributed by atoms with van der Waals surface area (Å²) in [5.41, 5.74) is 2.57. The number of rotatable bonds is 2. The lowest BCUT2D eigenvalue weighted by molar-refractivity contribution is 0.0958. The van der Waals surface area contributed by atoms with Crippen LogP contribution in [0.3, 0.4) is 0 Å². The Bertz CT molecular complexity index is 472. The molecule has 0 spiro atoms. The molecule has 4 heterocycles. The maximum absolute atomic E-state index is 11.5. The average Bonchev–Trinajstić information content (AvgIpc) is 2.37. The average molecular weight is 246 g/mol. The molecule has 0 radical (unpaired) electrons. The van der Waals surface area contributed by atoms with Gasteiger partial charge in [0.2, 0.25) is 0 Å². The number of aromatic nitrogens is 1. The van der Waals surface area contributed by atoms with E-state index in [0.717, 1.165) is 24.5 Å². The van der Waals surface area contributed by atoms with E-state index in [4.69, 9.17) is 0 Å². The van der Waals surface area contributed by atoms with Gasteiger partial charge >= 0.3 is 0 Å². The number of fused-ring (bicyclic) bond motifs is 2. The molecule has 1 aromatic rings. The van der Waals surface area contributed by atoms with Gasteiger partial charge in [0.1, 0.15) is 5.69 Å². The van der Waals surface area contributed by atoms with E-state index in [0.29, 0.717) is 17.8 Å². The van der Waals surface area contributed by atoms with Crippen LogP contribution >= 0.6 is 0 Å². The van der Waals surface area contributed by atoms with E-state index in [1.807, 2.05) is 13.0 Å². The van der Waals surface area contributed by atoms with Gasteiger partial charge in [0.25, 0.3) is 5.91 Å². The maximum atomic E-state index is 11.5. The third-order valence-electron chi connectivity index (χ3n) is 3.78. The first-order valence-corrected chi connectivity index (χ1v) is 6.38. The van der Waals surface area contributed by atoms with Gasteiger partial charge in [0, 0.05) is 32.2 Å². The molecule has 96 valence electrons. The second-order valence-corrected chi connectivity index (χ2v) is 5.08. The van der Waals surface area contributed by atoms with Gasteiger partial charge < -0.3 is 15.5 Å². The number of piperazine rings is 1. The Kier molecular flexibility index (Phi) is 2.70. The highest BCUT2D eigenvalue weighted by Gasteiger charge is 2.36. The normalized spacial score (nSPS) is 25.6. The van der Waals surface area contributed by atoms with E-state index in [9.17, 15) is 4.79 Å². The third kappa shape index (κ3) is 1.84. The molecular weight excluding hydrogens is 228 g/mol. The number of amides is 1. The summed E-state index contributed by atoms with van der Waals surface area (Å²) in [4.78, 5) is 18.3. The molecule has 5 heteroatoms. The summed E-state index contributed by atoms with van der Waals surface area (Å²) in [6.07, 6.45) is 1.29. The van der Waals surface area contributed by atoms with Crippen molar-refractivity contribution in [2.24, 2.45) is 0 Å². The predicted molar refractivity (Wildman–Crippen MR) is 69.9 cm³/mol. The van der Waals surface area contributed by atoms with Gasteiger partial charge in [-0.3, -0.25) is 4.79 Å². The van der Waals surface area contributed by atoms with Gasteiger partial charge in [-0.15, -0.1) is 0 Å². The van der Waals surface area contributed by atoms with Gasteiger partial charge in [-0.25, -0.2) is 4.98 Å². The van der Waals surface area contributed by atoms with E-state index in [2.05, 4.69) is 20.5 Å². The highest BCUT2D eigenvalue weighted by Crippen LogP contribution is 2.27. The zero-order valence-corrected chi connectivity index (χ0v) is 10.7. The van der Waals surface area contributed by atoms with Crippen LogP contribution in [0, 0.1) is 6.92 Å². The molecule has 3 aliphatic heterocycles. The maximum Gasteiger partial charge on any atom is 0.269 e. The van der Waals surface area contributed by atoms with Crippen LogP contribution in [0.25, 0.3) is 0 Å². The zero-order valence-electron chi connectivity index (χ0n) is 10.7. The molecule has 5 nitrogen and oxygen atoms in total. The molecule has 18 heavy (non-hydrogen) atoms. The summed E-state index contributed by atoms with van der Waals surface area (Å²) in [5, 5.41) is 6.11. The van der Waals surface area contributed by atoms with Crippen molar-refractivity contribution in [2.45, 2.75) is 25.4 Å². The SMILES string of the molecule is CNC(=O)c1ccc(N2CC3CC(C2)N3)c(C)n1. The minimum atomic E-state index is -0.132. The Morgan fingerprint density at radius 3 is 2.67 bits per heavy atom. The van der Waals surface area contributed by atoms with Crippen molar-refractivity contribution >= 4 is 11.6 Å². The van der Waals surface area contributed by atoms with Crippen LogP contribution in [-0.2, 0) is 0 Å². The number of nitrogens with one attached hydrogen (secondary N) is 2. The fraction of sp³-hybridized carbons (Fsp3) is 0.538. The number of anilines is 1. The van der Waals surface area contributed by atoms with Crippen LogP contribution in [0.15, 0.2) is 12.1 Å². The monoisotopic (exact) mass is 246 g/mol. The summed E-state index contributed by atoms with van der Waals surface area (Å²) in [7, 11) is 1.62. The molecule has 0 aliphatic carbocycles. The van der Waals surface area contributed by atoms with Crippen molar-refractivity contribution in [2.75, 3.05) is 25.0 Å². The van der Waals surface area contributed by atoms with Gasteiger partial charge in [-0.2, -0.15) is 0 Å². The number of piperidine rings is 1. The minimum absolute atomic E-state index is 0.132. The van der Waals surface area contributed by atoms with Crippen LogP contribution in [0.4, 0.5) is 5.69 Å². The molecule has 3 saturated heterocycles. The quantitative estimate of drug-likeness (QED) is 0.788. The molecule has 2 bridgehead atoms. The standard InChI is InChI=1S/C13H18N4O/c1-8-12(4-3-11(15-8)13(18)14-2)17-6-9-5-10(7-17)16-9/h3-4,9-10,16H,5-7H2,1-2H3,(H,14,18). The van der Waals surface area contributed by atoms with E-state index in [1.54, 1.807) is 13.1 Å². The molecule has 3 aliphatic rings. The molecule has 0 saturated carbocycles. The van der Waals surface area contributed by atoms with E-state index in [1.165, 1.54) is 6.42 Å². The Hall–Kier alpha value is -1.62. The van der Waals surface area contributed by atoms with Crippen LogP contribution in [0.5, 0.6) is 0 Å². The van der Waals surface area contributed by atoms with Crippen LogP contribution in [0.1, 0.15) is 22.6 Å². The zero-order chi connectivity index (χ0) is 12.7. The molecular formula is C13H18N4O. The topological polar surface area (TPSA) is 57.3 Å². The first-order chi connectivity index (χ1) is 8.67. The first-order valence-electron chi connectivity index (χ1n) is 6.38. The summed E-state index contributed by atoms with van der Waals surface area (Å²) < 4.78 is 0. The van der Waals surface area contributed by atoms with E-state index < -0.39 is 0 Å². The highest BCUT2D eigenvalue weighted by molar-refractivity contribution is 5.92. The summed E-state index contributed by atoms with van der Waals surface area (Å²) in [6.45, 7) is 4.05. The minimum Gasteiger partial charge on any atom is -0.367 e. The lowest BCUT2D eigenvalue weighted by atomic mass is 9.91. The Labute approximate surface area is 107 Å². The van der Waals surface area contributed by atoms with Crippen LogP contribution in [-0.4, -0.2) is 43.1 Å². The molecule has 4 rings (SSSR count). The van der Waals surface area contributed by atoms with Crippen molar-refractivity contribution in [1.82, 2.24) is 15.6 Å². The van der Waals surface area contributed by atoms with Crippen LogP contribution < -0.4 is 15.5 Å². The number of hydrogen-bond acceptors (Lipinski definition) is 4. The number of carbonyl (C=O) groups is 1. The largest absolute Gasteiger partial charge is 0.367 e. The number of hydrogen-bond donors (Lipinski definition) is 2. The summed E-state index contributed by atoms with van der Waals surface area (Å²) >= 11 is 0. The predicted octanol–water partition coefficient (Wildman–Crippen LogP) is 0.300. The molecule has 2 atom stereocenters. The molecule has 1 aromatic heterocycles. The second-order valence-electron chi connectivity index (χ2n) is 5.08. The summed E-state index contributed by atoms with van der Waals surface area (Å²) in [5.74, 6) is -0.132. The fourth-order valence-electron chi connectivity index (χ4n) is 2.85. The Balaban J connectivity index is 1.82. The van der Waals surface area contributed by atoms with Gasteiger partial charge in [-0.05, 0) is 25.5 Å². The van der Waals surface area contributed by atoms with Crippen molar-refractivity contribution in [1.29, 1.82) is 0 Å². The van der Waals surface area contributed by atoms with Gasteiger partial charge in [0.05, 0.1) is 11.4 Å². The van der Waals surface area contributed by atoms with Crippen LogP contribution in [0.2, 0.25) is 0 Å². The number of pyridine rings is 1. The Morgan fingerprint density at radius 2 is 2.11 bits per heavy atom. The molecule has 2 unspecified atom stereocenters. The van der Waals surface area contributed by atoms with E-state index in [-0.39, 0.29) is 5.91 Å². The first kappa shape index (κ1) is 11.5. The van der Waals surface area contributed by atoms with Crippen molar-refractivity contribution in [3.8, 4) is 0 Å². The molecule has 0 aromatic carbocycles. The molecule has 1 amide bonds. The fourth-order valence-corrected chi connectivity index (χ4v) is 2.85. The van der Waals surface area contributed by atoms with Crippen molar-refractivity contribution in [3.63, 3.8) is 0 Å². The third-order valence-corrected chi connectivity index (χ3v) is 3.78. The lowest BCUT2D eigenvalue weighted by Gasteiger charge is -2.49. The molecule has 2 N–H and O–H groups in total. The van der Waals surface area contributed by atoms with Crippen molar-refractivity contribution in [3.05, 3.63) is 23.5 Å².